The molecule has 0 aliphatic heterocycles. The van der Waals surface area contributed by atoms with Crippen LogP contribution in [0.15, 0.2) is 65.6 Å². The molecular formula is C32H35F3N7O2+. The monoisotopic (exact) mass is 606 g/mol. The minimum atomic E-state index is -4.62. The standard InChI is InChI=1S/C32H34F3N7O2/c1-39-29(27-16-17-38-40(27)24-12-8-21(19-36)9-13-24)28(30(43)37-20-22-10-14-26(15-11-22)42(2,3)4)31(44)41(39)25-7-5-6-23(18-25)32(33,34)35/h5-9,12-13,16-18,22,26H,10-11,14-15,20H2,1-4H3/p+1. The van der Waals surface area contributed by atoms with Crippen LogP contribution in [-0.2, 0) is 13.2 Å². The van der Waals surface area contributed by atoms with Crippen molar-refractivity contribution in [3.8, 4) is 28.8 Å². The second kappa shape index (κ2) is 11.8. The van der Waals surface area contributed by atoms with E-state index in [4.69, 9.17) is 0 Å². The van der Waals surface area contributed by atoms with E-state index in [-0.39, 0.29) is 22.9 Å². The Balaban J connectivity index is 1.56. The first-order valence-corrected chi connectivity index (χ1v) is 14.4. The Morgan fingerprint density at radius 2 is 1.73 bits per heavy atom. The average Bonchev–Trinajstić information content (AvgIpc) is 3.57. The van der Waals surface area contributed by atoms with E-state index in [1.165, 1.54) is 34.7 Å². The van der Waals surface area contributed by atoms with Crippen molar-refractivity contribution in [2.45, 2.75) is 37.9 Å². The average molecular weight is 607 g/mol. The van der Waals surface area contributed by atoms with Crippen LogP contribution in [0.4, 0.5) is 13.2 Å². The summed E-state index contributed by atoms with van der Waals surface area (Å²) in [7, 11) is 8.07. The third-order valence-electron chi connectivity index (χ3n) is 8.50. The molecule has 0 radical (unpaired) electrons. The number of quaternary nitrogens is 1. The van der Waals surface area contributed by atoms with E-state index >= 15 is 0 Å². The molecule has 2 aromatic carbocycles. The highest BCUT2D eigenvalue weighted by Gasteiger charge is 2.33. The lowest BCUT2D eigenvalue weighted by atomic mass is 9.85. The highest BCUT2D eigenvalue weighted by atomic mass is 19.4. The van der Waals surface area contributed by atoms with Crippen LogP contribution in [0.1, 0.15) is 47.2 Å². The van der Waals surface area contributed by atoms with Crippen LogP contribution >= 0.6 is 0 Å². The number of carbonyl (C=O) groups excluding carboxylic acids is 1. The summed E-state index contributed by atoms with van der Waals surface area (Å²) < 4.78 is 45.6. The Bertz CT molecular complexity index is 1760. The van der Waals surface area contributed by atoms with Crippen LogP contribution in [0.2, 0.25) is 0 Å². The molecule has 12 heteroatoms. The molecule has 4 aromatic rings. The van der Waals surface area contributed by atoms with Gasteiger partial charge in [0.1, 0.15) is 11.3 Å². The number of hydrogen-bond donors (Lipinski definition) is 1. The number of nitriles is 1. The van der Waals surface area contributed by atoms with Gasteiger partial charge in [-0.25, -0.2) is 9.36 Å². The van der Waals surface area contributed by atoms with Crippen LogP contribution in [0.3, 0.4) is 0 Å². The summed E-state index contributed by atoms with van der Waals surface area (Å²) >= 11 is 0. The molecule has 0 unspecified atom stereocenters. The molecule has 1 aliphatic rings. The Morgan fingerprint density at radius 1 is 1.05 bits per heavy atom. The molecule has 1 N–H and O–H groups in total. The fourth-order valence-corrected chi connectivity index (χ4v) is 6.02. The Labute approximate surface area is 253 Å². The number of carbonyl (C=O) groups is 1. The molecule has 0 saturated heterocycles. The molecule has 44 heavy (non-hydrogen) atoms. The number of nitrogens with one attached hydrogen (secondary N) is 1. The Kier molecular flexibility index (Phi) is 8.27. The maximum absolute atomic E-state index is 14.0. The number of benzene rings is 2. The molecule has 2 aromatic heterocycles. The van der Waals surface area contributed by atoms with Crippen LogP contribution < -0.4 is 10.9 Å². The van der Waals surface area contributed by atoms with E-state index in [2.05, 4.69) is 37.6 Å². The van der Waals surface area contributed by atoms with Crippen molar-refractivity contribution in [1.82, 2.24) is 24.5 Å². The van der Waals surface area contributed by atoms with Crippen molar-refractivity contribution in [1.29, 1.82) is 5.26 Å². The van der Waals surface area contributed by atoms with Gasteiger partial charge in [0, 0.05) is 13.6 Å². The third kappa shape index (κ3) is 6.05. The van der Waals surface area contributed by atoms with Gasteiger partial charge in [0.2, 0.25) is 0 Å². The number of alkyl halides is 3. The maximum atomic E-state index is 14.0. The molecule has 5 rings (SSSR count). The fraction of sp³-hybridized carbons (Fsp3) is 0.375. The maximum Gasteiger partial charge on any atom is 0.416 e. The van der Waals surface area contributed by atoms with Gasteiger partial charge in [-0.3, -0.25) is 14.3 Å². The summed E-state index contributed by atoms with van der Waals surface area (Å²) in [5.41, 5.74) is -0.293. The number of halogens is 3. The van der Waals surface area contributed by atoms with Crippen LogP contribution in [0.5, 0.6) is 0 Å². The van der Waals surface area contributed by atoms with Crippen molar-refractivity contribution in [2.24, 2.45) is 13.0 Å². The first-order chi connectivity index (χ1) is 20.8. The molecule has 1 saturated carbocycles. The summed E-state index contributed by atoms with van der Waals surface area (Å²) in [5.74, 6) is -0.351. The minimum absolute atomic E-state index is 0.0318. The summed E-state index contributed by atoms with van der Waals surface area (Å²) in [6, 6.07) is 15.3. The quantitative estimate of drug-likeness (QED) is 0.302. The smallest absolute Gasteiger partial charge is 0.352 e. The van der Waals surface area contributed by atoms with Gasteiger partial charge < -0.3 is 9.80 Å². The van der Waals surface area contributed by atoms with Gasteiger partial charge in [0.15, 0.2) is 0 Å². The Morgan fingerprint density at radius 3 is 2.34 bits per heavy atom. The summed E-state index contributed by atoms with van der Waals surface area (Å²) in [4.78, 5) is 27.8. The van der Waals surface area contributed by atoms with Crippen molar-refractivity contribution in [2.75, 3.05) is 27.7 Å². The molecule has 1 amide bonds. The van der Waals surface area contributed by atoms with Gasteiger partial charge in [-0.2, -0.15) is 23.5 Å². The summed E-state index contributed by atoms with van der Waals surface area (Å²) in [6.45, 7) is 0.384. The van der Waals surface area contributed by atoms with Crippen LogP contribution in [-0.4, -0.2) is 63.3 Å². The van der Waals surface area contributed by atoms with Gasteiger partial charge in [-0.15, -0.1) is 0 Å². The number of nitrogens with zero attached hydrogens (tertiary/aromatic N) is 6. The first-order valence-electron chi connectivity index (χ1n) is 14.4. The van der Waals surface area contributed by atoms with Gasteiger partial charge in [-0.1, -0.05) is 6.07 Å². The van der Waals surface area contributed by atoms with E-state index in [1.807, 2.05) is 0 Å². The molecule has 0 bridgehead atoms. The van der Waals surface area contributed by atoms with Crippen LogP contribution in [0.25, 0.3) is 22.8 Å². The van der Waals surface area contributed by atoms with Crippen molar-refractivity contribution in [3.63, 3.8) is 0 Å². The lowest BCUT2D eigenvalue weighted by Gasteiger charge is -2.38. The Hall–Kier alpha value is -4.63. The number of hydrogen-bond acceptors (Lipinski definition) is 4. The first kappa shape index (κ1) is 30.8. The zero-order valence-corrected chi connectivity index (χ0v) is 25.1. The molecule has 1 aliphatic carbocycles. The largest absolute Gasteiger partial charge is 0.416 e. The molecule has 2 heterocycles. The van der Waals surface area contributed by atoms with Crippen molar-refractivity contribution in [3.05, 3.63) is 87.8 Å². The highest BCUT2D eigenvalue weighted by molar-refractivity contribution is 5.99. The normalized spacial score (nSPS) is 17.3. The highest BCUT2D eigenvalue weighted by Crippen LogP contribution is 2.32. The zero-order valence-electron chi connectivity index (χ0n) is 25.1. The van der Waals surface area contributed by atoms with Gasteiger partial charge in [0.25, 0.3) is 11.5 Å². The van der Waals surface area contributed by atoms with E-state index in [0.29, 0.717) is 29.5 Å². The minimum Gasteiger partial charge on any atom is -0.352 e. The molecule has 230 valence electrons. The van der Waals surface area contributed by atoms with E-state index in [1.54, 1.807) is 30.3 Å². The van der Waals surface area contributed by atoms with Gasteiger partial charge in [0.05, 0.1) is 67.6 Å². The summed E-state index contributed by atoms with van der Waals surface area (Å²) in [5, 5.41) is 16.5. The molecular weight excluding hydrogens is 571 g/mol. The lowest BCUT2D eigenvalue weighted by molar-refractivity contribution is -0.897. The molecule has 9 nitrogen and oxygen atoms in total. The second-order valence-electron chi connectivity index (χ2n) is 12.2. The second-order valence-corrected chi connectivity index (χ2v) is 12.2. The van der Waals surface area contributed by atoms with Gasteiger partial charge in [-0.05, 0) is 80.1 Å². The van der Waals surface area contributed by atoms with Crippen LogP contribution in [0, 0.1) is 17.2 Å². The van der Waals surface area contributed by atoms with Gasteiger partial charge >= 0.3 is 6.18 Å². The van der Waals surface area contributed by atoms with Crippen molar-refractivity contribution >= 4 is 5.91 Å². The number of amides is 1. The molecule has 1 fully saturated rings. The predicted octanol–water partition coefficient (Wildman–Crippen LogP) is 4.91. The van der Waals surface area contributed by atoms with E-state index in [0.717, 1.165) is 47.0 Å². The number of aromatic nitrogens is 4. The van der Waals surface area contributed by atoms with Crippen molar-refractivity contribution < 1.29 is 22.4 Å². The zero-order chi connectivity index (χ0) is 31.8. The molecule has 0 spiro atoms. The fourth-order valence-electron chi connectivity index (χ4n) is 6.02. The van der Waals surface area contributed by atoms with E-state index in [9.17, 15) is 28.0 Å². The third-order valence-corrected chi connectivity index (χ3v) is 8.50. The lowest BCUT2D eigenvalue weighted by Crippen LogP contribution is -2.47. The predicted molar refractivity (Wildman–Crippen MR) is 159 cm³/mol. The topological polar surface area (TPSA) is 97.6 Å². The van der Waals surface area contributed by atoms with E-state index < -0.39 is 23.2 Å². The number of rotatable bonds is 7. The summed E-state index contributed by atoms with van der Waals surface area (Å²) in [6.07, 6.45) is 0.851. The SMILES string of the molecule is Cn1c(-c2ccnn2-c2ccc(C#N)cc2)c(C(=O)NCC2CCC([N+](C)(C)C)CC2)c(=O)n1-c1cccc(C(F)(F)F)c1. The molecule has 0 atom stereocenters.